The van der Waals surface area contributed by atoms with Gasteiger partial charge in [-0.05, 0) is 24.0 Å². The number of hydrogen-bond donors (Lipinski definition) is 3. The van der Waals surface area contributed by atoms with Gasteiger partial charge in [-0.15, -0.1) is 24.0 Å². The van der Waals surface area contributed by atoms with Gasteiger partial charge < -0.3 is 20.7 Å². The van der Waals surface area contributed by atoms with Gasteiger partial charge in [-0.3, -0.25) is 9.79 Å². The maximum Gasteiger partial charge on any atom is 0.225 e. The van der Waals surface area contributed by atoms with Crippen LogP contribution in [0.1, 0.15) is 38.2 Å². The van der Waals surface area contributed by atoms with E-state index in [1.807, 2.05) is 18.2 Å². The highest BCUT2D eigenvalue weighted by atomic mass is 127. The van der Waals surface area contributed by atoms with Crippen LogP contribution in [0, 0.1) is 5.92 Å². The average molecular weight is 474 g/mol. The first kappa shape index (κ1) is 22.7. The van der Waals surface area contributed by atoms with Crippen molar-refractivity contribution in [2.75, 3.05) is 38.7 Å². The first-order valence-electron chi connectivity index (χ1n) is 9.01. The van der Waals surface area contributed by atoms with Gasteiger partial charge in [0.05, 0.1) is 6.61 Å². The fraction of sp³-hybridized carbons (Fsp3) is 0.579. The third-order valence-electron chi connectivity index (χ3n) is 4.22. The van der Waals surface area contributed by atoms with E-state index in [-0.39, 0.29) is 35.8 Å². The minimum atomic E-state index is 0. The van der Waals surface area contributed by atoms with Gasteiger partial charge in [-0.25, -0.2) is 0 Å². The maximum absolute atomic E-state index is 11.9. The number of para-hydroxylation sites is 1. The second kappa shape index (κ2) is 12.1. The Bertz CT molecular complexity index is 593. The molecule has 0 fully saturated rings. The van der Waals surface area contributed by atoms with Crippen molar-refractivity contribution in [3.05, 3.63) is 29.8 Å². The molecule has 1 heterocycles. The second-order valence-electron chi connectivity index (χ2n) is 6.71. The van der Waals surface area contributed by atoms with Crippen molar-refractivity contribution in [3.8, 4) is 0 Å². The molecule has 1 aliphatic heterocycles. The van der Waals surface area contributed by atoms with Gasteiger partial charge >= 0.3 is 0 Å². The number of benzene rings is 1. The van der Waals surface area contributed by atoms with Gasteiger partial charge in [0.2, 0.25) is 5.91 Å². The quantitative estimate of drug-likeness (QED) is 0.235. The number of guanidine groups is 1. The molecule has 3 N–H and O–H groups in total. The fourth-order valence-electron chi connectivity index (χ4n) is 2.79. The van der Waals surface area contributed by atoms with Crippen LogP contribution in [0.25, 0.3) is 0 Å². The molecule has 1 unspecified atom stereocenters. The summed E-state index contributed by atoms with van der Waals surface area (Å²) >= 11 is 0. The minimum Gasteiger partial charge on any atom is -0.380 e. The number of nitrogens with one attached hydrogen (secondary N) is 3. The van der Waals surface area contributed by atoms with Crippen molar-refractivity contribution in [2.45, 2.75) is 32.6 Å². The number of halogens is 1. The number of hydrogen-bond acceptors (Lipinski definition) is 3. The van der Waals surface area contributed by atoms with Crippen LogP contribution in [0.15, 0.2) is 29.3 Å². The molecule has 0 aromatic heterocycles. The van der Waals surface area contributed by atoms with Crippen LogP contribution in [-0.4, -0.2) is 45.2 Å². The summed E-state index contributed by atoms with van der Waals surface area (Å²) in [6.45, 7) is 7.20. The third kappa shape index (κ3) is 7.49. The van der Waals surface area contributed by atoms with E-state index in [0.29, 0.717) is 32.0 Å². The van der Waals surface area contributed by atoms with Crippen LogP contribution in [0.2, 0.25) is 0 Å². The molecular weight excluding hydrogens is 443 g/mol. The van der Waals surface area contributed by atoms with Crippen LogP contribution >= 0.6 is 24.0 Å². The van der Waals surface area contributed by atoms with Crippen molar-refractivity contribution in [2.24, 2.45) is 10.9 Å². The van der Waals surface area contributed by atoms with E-state index in [9.17, 15) is 4.79 Å². The molecule has 146 valence electrons. The predicted octanol–water partition coefficient (Wildman–Crippen LogP) is 2.96. The second-order valence-corrected chi connectivity index (χ2v) is 6.71. The summed E-state index contributed by atoms with van der Waals surface area (Å²) < 4.78 is 5.60. The van der Waals surface area contributed by atoms with Crippen LogP contribution in [-0.2, 0) is 9.53 Å². The highest BCUT2D eigenvalue weighted by Gasteiger charge is 2.24. The summed E-state index contributed by atoms with van der Waals surface area (Å²) in [7, 11) is 1.75. The van der Waals surface area contributed by atoms with Crippen LogP contribution in [0.4, 0.5) is 5.69 Å². The van der Waals surface area contributed by atoms with Crippen LogP contribution in [0.3, 0.4) is 0 Å². The van der Waals surface area contributed by atoms with Crippen LogP contribution < -0.4 is 16.0 Å². The SMILES string of the molecule is CN=C(NCCOCCC(C)C)NCC1CC(=O)Nc2ccccc21.I. The Kier molecular flexibility index (Phi) is 10.6. The topological polar surface area (TPSA) is 74.8 Å². The van der Waals surface area contributed by atoms with Crippen LogP contribution in [0.5, 0.6) is 0 Å². The molecule has 1 aliphatic rings. The standard InChI is InChI=1S/C19H30N4O2.HI/c1-14(2)8-10-25-11-9-21-19(20-3)22-13-15-12-18(24)23-17-7-5-4-6-16(15)17;/h4-7,14-15H,8-13H2,1-3H3,(H,23,24)(H2,20,21,22);1H. The molecular formula is C19H31IN4O2. The van der Waals surface area contributed by atoms with E-state index in [1.54, 1.807) is 7.05 Å². The van der Waals surface area contributed by atoms with Gasteiger partial charge in [0, 0.05) is 44.8 Å². The number of carbonyl (C=O) groups excluding carboxylic acids is 1. The summed E-state index contributed by atoms with van der Waals surface area (Å²) in [6.07, 6.45) is 1.56. The molecule has 1 amide bonds. The lowest BCUT2D eigenvalue weighted by molar-refractivity contribution is -0.116. The van der Waals surface area contributed by atoms with E-state index in [1.165, 1.54) is 5.56 Å². The number of nitrogens with zero attached hydrogens (tertiary/aromatic N) is 1. The molecule has 0 saturated heterocycles. The number of amides is 1. The summed E-state index contributed by atoms with van der Waals surface area (Å²) in [4.78, 5) is 16.1. The zero-order valence-electron chi connectivity index (χ0n) is 15.9. The fourth-order valence-corrected chi connectivity index (χ4v) is 2.79. The van der Waals surface area contributed by atoms with E-state index >= 15 is 0 Å². The summed E-state index contributed by atoms with van der Waals surface area (Å²) in [5.74, 6) is 1.60. The highest BCUT2D eigenvalue weighted by molar-refractivity contribution is 14.0. The number of carbonyl (C=O) groups is 1. The van der Waals surface area contributed by atoms with E-state index < -0.39 is 0 Å². The maximum atomic E-state index is 11.9. The molecule has 0 saturated carbocycles. The molecule has 26 heavy (non-hydrogen) atoms. The Morgan fingerprint density at radius 2 is 2.08 bits per heavy atom. The molecule has 0 radical (unpaired) electrons. The van der Waals surface area contributed by atoms with Gasteiger partial charge in [-0.1, -0.05) is 32.0 Å². The Labute approximate surface area is 173 Å². The third-order valence-corrected chi connectivity index (χ3v) is 4.22. The van der Waals surface area contributed by atoms with Gasteiger partial charge in [0.25, 0.3) is 0 Å². The van der Waals surface area contributed by atoms with Crippen molar-refractivity contribution in [1.82, 2.24) is 10.6 Å². The van der Waals surface area contributed by atoms with E-state index in [0.717, 1.165) is 24.7 Å². The lowest BCUT2D eigenvalue weighted by Gasteiger charge is -2.26. The number of aliphatic imine (C=N–C) groups is 1. The van der Waals surface area contributed by atoms with Crippen molar-refractivity contribution < 1.29 is 9.53 Å². The Morgan fingerprint density at radius 3 is 2.81 bits per heavy atom. The monoisotopic (exact) mass is 474 g/mol. The number of anilines is 1. The Hall–Kier alpha value is -1.35. The highest BCUT2D eigenvalue weighted by Crippen LogP contribution is 2.31. The van der Waals surface area contributed by atoms with Crippen molar-refractivity contribution >= 4 is 41.5 Å². The van der Waals surface area contributed by atoms with E-state index in [2.05, 4.69) is 40.9 Å². The Morgan fingerprint density at radius 1 is 1.31 bits per heavy atom. The molecule has 7 heteroatoms. The lowest BCUT2D eigenvalue weighted by Crippen LogP contribution is -2.41. The van der Waals surface area contributed by atoms with Crippen molar-refractivity contribution in [1.29, 1.82) is 0 Å². The number of rotatable bonds is 8. The average Bonchev–Trinajstić information content (AvgIpc) is 2.59. The molecule has 6 nitrogen and oxygen atoms in total. The first-order valence-corrected chi connectivity index (χ1v) is 9.01. The zero-order valence-corrected chi connectivity index (χ0v) is 18.2. The molecule has 1 aromatic carbocycles. The van der Waals surface area contributed by atoms with Crippen molar-refractivity contribution in [3.63, 3.8) is 0 Å². The zero-order chi connectivity index (χ0) is 18.1. The molecule has 0 aliphatic carbocycles. The van der Waals surface area contributed by atoms with Gasteiger partial charge in [-0.2, -0.15) is 0 Å². The summed E-state index contributed by atoms with van der Waals surface area (Å²) in [5.41, 5.74) is 2.08. The normalized spacial score (nSPS) is 16.5. The number of fused-ring (bicyclic) bond motifs is 1. The Balaban J connectivity index is 0.00000338. The molecule has 1 aromatic rings. The molecule has 2 rings (SSSR count). The lowest BCUT2D eigenvalue weighted by atomic mass is 9.90. The summed E-state index contributed by atoms with van der Waals surface area (Å²) in [6, 6.07) is 7.96. The van der Waals surface area contributed by atoms with E-state index in [4.69, 9.17) is 4.74 Å². The molecule has 1 atom stereocenters. The van der Waals surface area contributed by atoms with Gasteiger partial charge in [0.15, 0.2) is 5.96 Å². The number of ether oxygens (including phenoxy) is 1. The molecule has 0 bridgehead atoms. The first-order chi connectivity index (χ1) is 12.1. The summed E-state index contributed by atoms with van der Waals surface area (Å²) in [5, 5.41) is 9.48. The largest absolute Gasteiger partial charge is 0.380 e. The smallest absolute Gasteiger partial charge is 0.225 e. The van der Waals surface area contributed by atoms with Gasteiger partial charge in [0.1, 0.15) is 0 Å². The predicted molar refractivity (Wildman–Crippen MR) is 117 cm³/mol. The molecule has 0 spiro atoms. The minimum absolute atomic E-state index is 0.